The zero-order chi connectivity index (χ0) is 20.8. The Morgan fingerprint density at radius 1 is 1.23 bits per heavy atom. The molecule has 158 valence electrons. The van der Waals surface area contributed by atoms with Crippen LogP contribution >= 0.6 is 11.3 Å². The van der Waals surface area contributed by atoms with Crippen LogP contribution in [0.25, 0.3) is 11.4 Å². The van der Waals surface area contributed by atoms with Crippen molar-refractivity contribution < 1.29 is 0 Å². The lowest BCUT2D eigenvalue weighted by molar-refractivity contribution is 0.115. The number of aromatic nitrogens is 3. The molecule has 2 bridgehead atoms. The second-order valence-electron chi connectivity index (χ2n) is 9.10. The Hall–Kier alpha value is -2.22. The van der Waals surface area contributed by atoms with E-state index in [2.05, 4.69) is 46.4 Å². The van der Waals surface area contributed by atoms with Gasteiger partial charge in [0.05, 0.1) is 5.56 Å². The normalized spacial score (nSPS) is 21.2. The van der Waals surface area contributed by atoms with Gasteiger partial charge in [0.15, 0.2) is 0 Å². The van der Waals surface area contributed by atoms with Crippen LogP contribution in [0.5, 0.6) is 0 Å². The van der Waals surface area contributed by atoms with E-state index >= 15 is 0 Å². The van der Waals surface area contributed by atoms with Crippen LogP contribution in [0.1, 0.15) is 28.5 Å². The van der Waals surface area contributed by atoms with Crippen molar-refractivity contribution in [1.82, 2.24) is 23.9 Å². The summed E-state index contributed by atoms with van der Waals surface area (Å²) in [5.74, 6) is 1.72. The van der Waals surface area contributed by atoms with Crippen molar-refractivity contribution >= 4 is 11.3 Å². The van der Waals surface area contributed by atoms with Crippen LogP contribution < -0.4 is 5.56 Å². The molecular formula is C23H29N5OS. The van der Waals surface area contributed by atoms with Gasteiger partial charge in [0, 0.05) is 68.7 Å². The molecule has 0 radical (unpaired) electrons. The lowest BCUT2D eigenvalue weighted by atomic mass is 9.83. The van der Waals surface area contributed by atoms with Gasteiger partial charge in [-0.3, -0.25) is 9.69 Å². The van der Waals surface area contributed by atoms with Crippen molar-refractivity contribution in [2.24, 2.45) is 13.0 Å². The van der Waals surface area contributed by atoms with E-state index < -0.39 is 0 Å². The van der Waals surface area contributed by atoms with Gasteiger partial charge in [0.2, 0.25) is 0 Å². The molecule has 5 heterocycles. The van der Waals surface area contributed by atoms with E-state index in [4.69, 9.17) is 0 Å². The summed E-state index contributed by atoms with van der Waals surface area (Å²) >= 11 is 1.87. The third kappa shape index (κ3) is 3.66. The van der Waals surface area contributed by atoms with Gasteiger partial charge < -0.3 is 14.0 Å². The average Bonchev–Trinajstić information content (AvgIpc) is 3.31. The summed E-state index contributed by atoms with van der Waals surface area (Å²) < 4.78 is 3.95. The van der Waals surface area contributed by atoms with E-state index in [9.17, 15) is 4.79 Å². The van der Waals surface area contributed by atoms with Crippen molar-refractivity contribution in [2.75, 3.05) is 27.2 Å². The first-order valence-electron chi connectivity index (χ1n) is 10.6. The monoisotopic (exact) mass is 423 g/mol. The van der Waals surface area contributed by atoms with Gasteiger partial charge in [-0.2, -0.15) is 0 Å². The van der Waals surface area contributed by atoms with Gasteiger partial charge in [-0.1, -0.05) is 0 Å². The molecule has 3 aromatic rings. The minimum absolute atomic E-state index is 0.108. The van der Waals surface area contributed by atoms with Crippen LogP contribution in [-0.2, 0) is 26.7 Å². The summed E-state index contributed by atoms with van der Waals surface area (Å²) in [6, 6.07) is 6.49. The Balaban J connectivity index is 1.36. The molecule has 2 atom stereocenters. The van der Waals surface area contributed by atoms with E-state index in [1.165, 1.54) is 22.6 Å². The number of hydrogen-bond donors (Lipinski definition) is 0. The highest BCUT2D eigenvalue weighted by atomic mass is 32.1. The SMILES string of the molecule is CN(C)Cc1csc(CN2C[C@@H]3C[C@H](C2)c2ccc(-c4nccn4C)c(=O)n2C3)c1. The molecule has 2 aliphatic heterocycles. The van der Waals surface area contributed by atoms with Crippen molar-refractivity contribution in [3.8, 4) is 11.4 Å². The number of aryl methyl sites for hydroxylation is 1. The number of rotatable bonds is 5. The maximum Gasteiger partial charge on any atom is 0.261 e. The Morgan fingerprint density at radius 2 is 2.10 bits per heavy atom. The summed E-state index contributed by atoms with van der Waals surface area (Å²) in [6.45, 7) is 4.92. The van der Waals surface area contributed by atoms with Crippen molar-refractivity contribution in [3.05, 3.63) is 62.5 Å². The van der Waals surface area contributed by atoms with Crippen LogP contribution in [0.4, 0.5) is 0 Å². The molecule has 0 aliphatic carbocycles. The predicted molar refractivity (Wildman–Crippen MR) is 121 cm³/mol. The van der Waals surface area contributed by atoms with Crippen LogP contribution in [0.15, 0.2) is 40.8 Å². The minimum atomic E-state index is 0.108. The first-order chi connectivity index (χ1) is 14.5. The predicted octanol–water partition coefficient (Wildman–Crippen LogP) is 2.99. The fraction of sp³-hybridized carbons (Fsp3) is 0.478. The summed E-state index contributed by atoms with van der Waals surface area (Å²) in [7, 11) is 6.16. The number of imidazole rings is 1. The van der Waals surface area contributed by atoms with Gasteiger partial charge in [0.1, 0.15) is 5.82 Å². The number of likely N-dealkylation sites (tertiary alicyclic amines) is 1. The first kappa shape index (κ1) is 19.7. The van der Waals surface area contributed by atoms with E-state index in [-0.39, 0.29) is 5.56 Å². The Bertz CT molecular complexity index is 1110. The molecule has 0 aromatic carbocycles. The molecule has 5 rings (SSSR count). The molecule has 7 heteroatoms. The van der Waals surface area contributed by atoms with Crippen LogP contribution in [0.3, 0.4) is 0 Å². The molecule has 0 unspecified atom stereocenters. The lowest BCUT2D eigenvalue weighted by Gasteiger charge is -2.42. The number of piperidine rings is 1. The second-order valence-corrected chi connectivity index (χ2v) is 10.1. The van der Waals surface area contributed by atoms with E-state index in [0.29, 0.717) is 17.4 Å². The number of thiophene rings is 1. The topological polar surface area (TPSA) is 46.3 Å². The van der Waals surface area contributed by atoms with Gasteiger partial charge >= 0.3 is 0 Å². The molecule has 6 nitrogen and oxygen atoms in total. The first-order valence-corrected chi connectivity index (χ1v) is 11.5. The van der Waals surface area contributed by atoms with Crippen molar-refractivity contribution in [1.29, 1.82) is 0 Å². The van der Waals surface area contributed by atoms with Gasteiger partial charge in [-0.15, -0.1) is 11.3 Å². The zero-order valence-electron chi connectivity index (χ0n) is 17.9. The van der Waals surface area contributed by atoms with Gasteiger partial charge in [-0.05, 0) is 55.6 Å². The minimum Gasteiger partial charge on any atom is -0.334 e. The number of fused-ring (bicyclic) bond motifs is 4. The van der Waals surface area contributed by atoms with E-state index in [1.54, 1.807) is 6.20 Å². The quantitative estimate of drug-likeness (QED) is 0.633. The zero-order valence-corrected chi connectivity index (χ0v) is 18.7. The third-order valence-electron chi connectivity index (χ3n) is 6.33. The lowest BCUT2D eigenvalue weighted by Crippen LogP contribution is -2.46. The molecule has 0 N–H and O–H groups in total. The van der Waals surface area contributed by atoms with Crippen LogP contribution in [-0.4, -0.2) is 51.1 Å². The smallest absolute Gasteiger partial charge is 0.261 e. The number of pyridine rings is 1. The third-order valence-corrected chi connectivity index (χ3v) is 7.30. The molecule has 0 amide bonds. The number of hydrogen-bond acceptors (Lipinski definition) is 5. The highest BCUT2D eigenvalue weighted by Crippen LogP contribution is 2.36. The highest BCUT2D eigenvalue weighted by Gasteiger charge is 2.35. The molecular weight excluding hydrogens is 394 g/mol. The Morgan fingerprint density at radius 3 is 2.87 bits per heavy atom. The fourth-order valence-electron chi connectivity index (χ4n) is 5.15. The summed E-state index contributed by atoms with van der Waals surface area (Å²) in [5, 5.41) is 2.29. The maximum atomic E-state index is 13.3. The van der Waals surface area contributed by atoms with Crippen LogP contribution in [0.2, 0.25) is 0 Å². The molecule has 1 fully saturated rings. The van der Waals surface area contributed by atoms with Gasteiger partial charge in [-0.25, -0.2) is 4.98 Å². The largest absolute Gasteiger partial charge is 0.334 e. The molecule has 3 aromatic heterocycles. The summed E-state index contributed by atoms with van der Waals surface area (Å²) in [5.41, 5.74) is 3.40. The fourth-order valence-corrected chi connectivity index (χ4v) is 6.07. The highest BCUT2D eigenvalue weighted by molar-refractivity contribution is 7.10. The van der Waals surface area contributed by atoms with E-state index in [1.807, 2.05) is 39.8 Å². The molecule has 30 heavy (non-hydrogen) atoms. The average molecular weight is 424 g/mol. The molecule has 0 spiro atoms. The second kappa shape index (κ2) is 7.80. The maximum absolute atomic E-state index is 13.3. The Labute approximate surface area is 181 Å². The molecule has 1 saturated heterocycles. The standard InChI is InChI=1S/C23H29N5OS/c1-25(2)10-17-9-19(30-15-17)14-27-11-16-8-18(13-27)21-5-4-20(23(29)28(21)12-16)22-24-6-7-26(22)3/h4-7,9,15-16,18H,8,10-14H2,1-3H3/t16-,18+/m0/s1. The summed E-state index contributed by atoms with van der Waals surface area (Å²) in [4.78, 5) is 23.9. The van der Waals surface area contributed by atoms with Gasteiger partial charge in [0.25, 0.3) is 5.56 Å². The van der Waals surface area contributed by atoms with Crippen molar-refractivity contribution in [2.45, 2.75) is 32.0 Å². The number of nitrogens with zero attached hydrogens (tertiary/aromatic N) is 5. The van der Waals surface area contributed by atoms with Crippen molar-refractivity contribution in [3.63, 3.8) is 0 Å². The molecule has 2 aliphatic rings. The van der Waals surface area contributed by atoms with E-state index in [0.717, 1.165) is 38.5 Å². The van der Waals surface area contributed by atoms with Crippen LogP contribution in [0, 0.1) is 5.92 Å². The Kier molecular flexibility index (Phi) is 5.13. The summed E-state index contributed by atoms with van der Waals surface area (Å²) in [6.07, 6.45) is 4.83. The molecule has 0 saturated carbocycles.